The number of sulfonamides is 1. The van der Waals surface area contributed by atoms with E-state index in [2.05, 4.69) is 20.7 Å². The van der Waals surface area contributed by atoms with Gasteiger partial charge in [-0.15, -0.1) is 0 Å². The van der Waals surface area contributed by atoms with Gasteiger partial charge in [0.2, 0.25) is 10.0 Å². The van der Waals surface area contributed by atoms with Crippen LogP contribution in [0.25, 0.3) is 0 Å². The van der Waals surface area contributed by atoms with E-state index in [-0.39, 0.29) is 5.25 Å². The van der Waals surface area contributed by atoms with Crippen LogP contribution in [0.2, 0.25) is 0 Å². The minimum absolute atomic E-state index is 0.119. The molecule has 1 N–H and O–H groups in total. The number of nitrogens with one attached hydrogen (secondary N) is 1. The van der Waals surface area contributed by atoms with Crippen LogP contribution in [-0.4, -0.2) is 38.8 Å². The molecule has 1 aliphatic carbocycles. The maximum atomic E-state index is 11.3. The summed E-state index contributed by atoms with van der Waals surface area (Å²) in [7, 11) is -2.99. The average Bonchev–Trinajstić information content (AvgIpc) is 2.94. The highest BCUT2D eigenvalue weighted by Gasteiger charge is 2.34. The molecule has 1 aliphatic rings. The van der Waals surface area contributed by atoms with Crippen LogP contribution in [0.3, 0.4) is 0 Å². The van der Waals surface area contributed by atoms with E-state index in [1.165, 1.54) is 0 Å². The molecule has 0 aromatic rings. The van der Waals surface area contributed by atoms with Crippen LogP contribution in [0.5, 0.6) is 0 Å². The molecule has 14 heavy (non-hydrogen) atoms. The summed E-state index contributed by atoms with van der Waals surface area (Å²) in [4.78, 5) is 0. The highest BCUT2D eigenvalue weighted by molar-refractivity contribution is 9.09. The van der Waals surface area contributed by atoms with Gasteiger partial charge in [-0.2, -0.15) is 0 Å². The molecule has 0 aliphatic heterocycles. The van der Waals surface area contributed by atoms with E-state index in [9.17, 15) is 8.42 Å². The predicted octanol–water partition coefficient (Wildman–Crippen LogP) is 0.870. The highest BCUT2D eigenvalue weighted by Crippen LogP contribution is 2.27. The lowest BCUT2D eigenvalue weighted by Crippen LogP contribution is -2.28. The molecule has 0 aromatic carbocycles. The molecule has 0 amide bonds. The fraction of sp³-hybridized carbons (Fsp3) is 1.00. The molecule has 1 saturated carbocycles. The second-order valence-electron chi connectivity index (χ2n) is 3.29. The van der Waals surface area contributed by atoms with Gasteiger partial charge in [0.05, 0.1) is 11.9 Å². The average molecular weight is 286 g/mol. The lowest BCUT2D eigenvalue weighted by atomic mass is 10.5. The quantitative estimate of drug-likeness (QED) is 0.532. The first-order valence-electron chi connectivity index (χ1n) is 4.79. The van der Waals surface area contributed by atoms with Crippen LogP contribution >= 0.6 is 15.9 Å². The summed E-state index contributed by atoms with van der Waals surface area (Å²) in [6.45, 7) is 1.77. The summed E-state index contributed by atoms with van der Waals surface area (Å²) in [5.74, 6) is 0. The van der Waals surface area contributed by atoms with E-state index in [4.69, 9.17) is 4.74 Å². The van der Waals surface area contributed by atoms with Crippen molar-refractivity contribution in [2.75, 3.05) is 25.1 Å². The number of hydrogen-bond donors (Lipinski definition) is 1. The number of rotatable bonds is 8. The Morgan fingerprint density at radius 1 is 1.36 bits per heavy atom. The molecule has 1 rings (SSSR count). The summed E-state index contributed by atoms with van der Waals surface area (Å²) in [5, 5.41) is 0.701. The topological polar surface area (TPSA) is 55.4 Å². The van der Waals surface area contributed by atoms with Crippen molar-refractivity contribution < 1.29 is 13.2 Å². The van der Waals surface area contributed by atoms with Crippen LogP contribution in [0.1, 0.15) is 19.3 Å². The Morgan fingerprint density at radius 3 is 2.64 bits per heavy atom. The maximum absolute atomic E-state index is 11.3. The summed E-state index contributed by atoms with van der Waals surface area (Å²) in [5.41, 5.74) is 0. The van der Waals surface area contributed by atoms with Crippen molar-refractivity contribution in [3.05, 3.63) is 0 Å². The van der Waals surface area contributed by atoms with Gasteiger partial charge in [0.15, 0.2) is 0 Å². The molecule has 0 atom stereocenters. The molecule has 4 nitrogen and oxygen atoms in total. The SMILES string of the molecule is O=S(=O)(NCCCOCCBr)C1CC1. The molecular weight excluding hydrogens is 270 g/mol. The number of alkyl halides is 1. The van der Waals surface area contributed by atoms with Gasteiger partial charge in [-0.25, -0.2) is 13.1 Å². The summed E-state index contributed by atoms with van der Waals surface area (Å²) >= 11 is 3.24. The molecule has 0 saturated heterocycles. The number of halogens is 1. The van der Waals surface area contributed by atoms with Crippen LogP contribution in [0, 0.1) is 0 Å². The van der Waals surface area contributed by atoms with E-state index in [1.807, 2.05) is 0 Å². The molecule has 1 fully saturated rings. The van der Waals surface area contributed by atoms with Crippen LogP contribution < -0.4 is 4.72 Å². The first-order chi connectivity index (χ1) is 6.67. The molecule has 0 aromatic heterocycles. The number of hydrogen-bond acceptors (Lipinski definition) is 3. The first-order valence-corrected chi connectivity index (χ1v) is 7.46. The second kappa shape index (κ2) is 6.05. The van der Waals surface area contributed by atoms with E-state index in [0.717, 1.165) is 24.6 Å². The minimum atomic E-state index is -2.99. The van der Waals surface area contributed by atoms with Crippen LogP contribution in [-0.2, 0) is 14.8 Å². The van der Waals surface area contributed by atoms with Gasteiger partial charge in [-0.05, 0) is 19.3 Å². The van der Waals surface area contributed by atoms with Gasteiger partial charge in [0.1, 0.15) is 0 Å². The Hall–Kier alpha value is 0.350. The van der Waals surface area contributed by atoms with Crippen molar-refractivity contribution in [1.29, 1.82) is 0 Å². The smallest absolute Gasteiger partial charge is 0.214 e. The van der Waals surface area contributed by atoms with Crippen molar-refractivity contribution in [1.82, 2.24) is 4.72 Å². The van der Waals surface area contributed by atoms with Gasteiger partial charge < -0.3 is 4.74 Å². The summed E-state index contributed by atoms with van der Waals surface area (Å²) < 4.78 is 30.4. The van der Waals surface area contributed by atoms with E-state index in [0.29, 0.717) is 19.8 Å². The Bertz CT molecular complexity index is 251. The van der Waals surface area contributed by atoms with Crippen molar-refractivity contribution in [3.63, 3.8) is 0 Å². The normalized spacial score (nSPS) is 17.2. The molecule has 6 heteroatoms. The predicted molar refractivity (Wildman–Crippen MR) is 59.2 cm³/mol. The van der Waals surface area contributed by atoms with E-state index in [1.54, 1.807) is 0 Å². The summed E-state index contributed by atoms with van der Waals surface area (Å²) in [6, 6.07) is 0. The lowest BCUT2D eigenvalue weighted by Gasteiger charge is -2.05. The van der Waals surface area contributed by atoms with Crippen LogP contribution in [0.4, 0.5) is 0 Å². The number of ether oxygens (including phenoxy) is 1. The fourth-order valence-corrected chi connectivity index (χ4v) is 2.69. The first kappa shape index (κ1) is 12.4. The van der Waals surface area contributed by atoms with Gasteiger partial charge in [0.25, 0.3) is 0 Å². The van der Waals surface area contributed by atoms with Gasteiger partial charge in [-0.1, -0.05) is 15.9 Å². The Balaban J connectivity index is 1.98. The Kier molecular flexibility index (Phi) is 5.36. The minimum Gasteiger partial charge on any atom is -0.381 e. The molecule has 0 unspecified atom stereocenters. The second-order valence-corrected chi connectivity index (χ2v) is 6.13. The molecule has 0 bridgehead atoms. The maximum Gasteiger partial charge on any atom is 0.214 e. The van der Waals surface area contributed by atoms with Crippen molar-refractivity contribution in [2.45, 2.75) is 24.5 Å². The standard InChI is InChI=1S/C8H16BrNO3S/c9-4-7-13-6-1-5-10-14(11,12)8-2-3-8/h8,10H,1-7H2. The lowest BCUT2D eigenvalue weighted by molar-refractivity contribution is 0.149. The largest absolute Gasteiger partial charge is 0.381 e. The Labute approximate surface area is 93.6 Å². The van der Waals surface area contributed by atoms with Crippen LogP contribution in [0.15, 0.2) is 0 Å². The third-order valence-electron chi connectivity index (χ3n) is 1.95. The van der Waals surface area contributed by atoms with E-state index >= 15 is 0 Å². The zero-order valence-corrected chi connectivity index (χ0v) is 10.4. The molecule has 84 valence electrons. The molecule has 0 radical (unpaired) electrons. The van der Waals surface area contributed by atoms with Crippen molar-refractivity contribution >= 4 is 26.0 Å². The zero-order valence-electron chi connectivity index (χ0n) is 8.04. The molecular formula is C8H16BrNO3S. The third-order valence-corrected chi connectivity index (χ3v) is 4.23. The Morgan fingerprint density at radius 2 is 2.07 bits per heavy atom. The fourth-order valence-electron chi connectivity index (χ4n) is 1.04. The van der Waals surface area contributed by atoms with Gasteiger partial charge >= 0.3 is 0 Å². The molecule has 0 spiro atoms. The third kappa shape index (κ3) is 4.72. The van der Waals surface area contributed by atoms with Gasteiger partial charge in [0, 0.05) is 18.5 Å². The monoisotopic (exact) mass is 285 g/mol. The summed E-state index contributed by atoms with van der Waals surface area (Å²) in [6.07, 6.45) is 2.36. The highest BCUT2D eigenvalue weighted by atomic mass is 79.9. The zero-order chi connectivity index (χ0) is 10.4. The van der Waals surface area contributed by atoms with E-state index < -0.39 is 10.0 Å². The molecule has 0 heterocycles. The van der Waals surface area contributed by atoms with Crippen molar-refractivity contribution in [3.8, 4) is 0 Å². The van der Waals surface area contributed by atoms with Gasteiger partial charge in [-0.3, -0.25) is 0 Å². The van der Waals surface area contributed by atoms with Crippen molar-refractivity contribution in [2.24, 2.45) is 0 Å².